The standard InChI is InChI=1S/C22H23F2N3O3/c23-22(24)29-17-9-7-15(8-10-17)12-25-20(28)14-27-11-3-4-16(13-27)21-26-18-5-1-2-6-19(18)30-21/h1-2,5-10,16,22H,3-4,11-14H2,(H,25,28). The lowest BCUT2D eigenvalue weighted by Gasteiger charge is -2.30. The van der Waals surface area contributed by atoms with Crippen LogP contribution in [-0.4, -0.2) is 42.0 Å². The van der Waals surface area contributed by atoms with Gasteiger partial charge in [0.05, 0.1) is 6.54 Å². The molecule has 3 aromatic rings. The van der Waals surface area contributed by atoms with Crippen LogP contribution in [0.1, 0.15) is 30.2 Å². The molecule has 0 saturated carbocycles. The van der Waals surface area contributed by atoms with Crippen molar-refractivity contribution in [2.45, 2.75) is 31.9 Å². The predicted octanol–water partition coefficient (Wildman–Crippen LogP) is 3.93. The lowest BCUT2D eigenvalue weighted by Crippen LogP contribution is -2.41. The normalized spacial score (nSPS) is 17.4. The van der Waals surface area contributed by atoms with Gasteiger partial charge in [-0.05, 0) is 49.2 Å². The van der Waals surface area contributed by atoms with Gasteiger partial charge in [0.1, 0.15) is 11.3 Å². The Morgan fingerprint density at radius 2 is 2.03 bits per heavy atom. The fourth-order valence-corrected chi connectivity index (χ4v) is 3.71. The van der Waals surface area contributed by atoms with E-state index in [1.807, 2.05) is 24.3 Å². The molecule has 2 aromatic carbocycles. The second-order valence-electron chi connectivity index (χ2n) is 7.39. The van der Waals surface area contributed by atoms with Crippen molar-refractivity contribution in [3.05, 3.63) is 60.0 Å². The van der Waals surface area contributed by atoms with Gasteiger partial charge in [-0.2, -0.15) is 8.78 Å². The third-order valence-corrected chi connectivity index (χ3v) is 5.17. The first-order valence-corrected chi connectivity index (χ1v) is 9.95. The van der Waals surface area contributed by atoms with Gasteiger partial charge in [-0.15, -0.1) is 0 Å². The highest BCUT2D eigenvalue weighted by Gasteiger charge is 2.26. The van der Waals surface area contributed by atoms with E-state index in [0.717, 1.165) is 48.5 Å². The van der Waals surface area contributed by atoms with Crippen molar-refractivity contribution >= 4 is 17.0 Å². The van der Waals surface area contributed by atoms with E-state index < -0.39 is 6.61 Å². The SMILES string of the molecule is O=C(CN1CCCC(c2nc3ccccc3o2)C1)NCc1ccc(OC(F)F)cc1. The molecule has 6 nitrogen and oxygen atoms in total. The first-order valence-electron chi connectivity index (χ1n) is 9.95. The van der Waals surface area contributed by atoms with Crippen molar-refractivity contribution in [1.82, 2.24) is 15.2 Å². The molecule has 30 heavy (non-hydrogen) atoms. The molecule has 1 saturated heterocycles. The van der Waals surface area contributed by atoms with E-state index in [4.69, 9.17) is 4.42 Å². The molecule has 1 fully saturated rings. The van der Waals surface area contributed by atoms with Gasteiger partial charge < -0.3 is 14.5 Å². The van der Waals surface area contributed by atoms with Crippen LogP contribution in [0.5, 0.6) is 5.75 Å². The summed E-state index contributed by atoms with van der Waals surface area (Å²) in [6, 6.07) is 13.9. The van der Waals surface area contributed by atoms with Crippen LogP contribution in [0.15, 0.2) is 52.9 Å². The monoisotopic (exact) mass is 415 g/mol. The highest BCUT2D eigenvalue weighted by molar-refractivity contribution is 5.78. The van der Waals surface area contributed by atoms with E-state index in [0.29, 0.717) is 13.1 Å². The third kappa shape index (κ3) is 5.13. The molecule has 1 atom stereocenters. The van der Waals surface area contributed by atoms with Crippen molar-refractivity contribution in [2.24, 2.45) is 0 Å². The minimum atomic E-state index is -2.85. The highest BCUT2D eigenvalue weighted by atomic mass is 19.3. The molecule has 158 valence electrons. The number of likely N-dealkylation sites (tertiary alicyclic amines) is 1. The number of piperidine rings is 1. The van der Waals surface area contributed by atoms with Crippen molar-refractivity contribution < 1.29 is 22.7 Å². The topological polar surface area (TPSA) is 67.6 Å². The maximum absolute atomic E-state index is 12.4. The Balaban J connectivity index is 1.27. The molecular formula is C22H23F2N3O3. The molecule has 4 rings (SSSR count). The van der Waals surface area contributed by atoms with Gasteiger partial charge in [-0.1, -0.05) is 24.3 Å². The van der Waals surface area contributed by atoms with E-state index in [1.165, 1.54) is 12.1 Å². The number of carbonyl (C=O) groups is 1. The van der Waals surface area contributed by atoms with E-state index in [1.54, 1.807) is 12.1 Å². The van der Waals surface area contributed by atoms with Crippen molar-refractivity contribution in [3.63, 3.8) is 0 Å². The van der Waals surface area contributed by atoms with Crippen LogP contribution >= 0.6 is 0 Å². The number of alkyl halides is 2. The van der Waals surface area contributed by atoms with Gasteiger partial charge in [0.25, 0.3) is 0 Å². The molecule has 1 aromatic heterocycles. The first-order chi connectivity index (χ1) is 14.6. The van der Waals surface area contributed by atoms with Crippen molar-refractivity contribution in [1.29, 1.82) is 0 Å². The number of amides is 1. The van der Waals surface area contributed by atoms with Crippen LogP contribution in [0, 0.1) is 0 Å². The quantitative estimate of drug-likeness (QED) is 0.634. The summed E-state index contributed by atoms with van der Waals surface area (Å²) >= 11 is 0. The molecule has 0 spiro atoms. The number of halogens is 2. The number of rotatable bonds is 7. The highest BCUT2D eigenvalue weighted by Crippen LogP contribution is 2.28. The zero-order chi connectivity index (χ0) is 20.9. The summed E-state index contributed by atoms with van der Waals surface area (Å²) < 4.78 is 34.6. The fourth-order valence-electron chi connectivity index (χ4n) is 3.71. The van der Waals surface area contributed by atoms with E-state index in [2.05, 4.69) is 19.9 Å². The Morgan fingerprint density at radius 1 is 1.23 bits per heavy atom. The summed E-state index contributed by atoms with van der Waals surface area (Å²) in [5, 5.41) is 2.87. The van der Waals surface area contributed by atoms with Crippen LogP contribution in [0.25, 0.3) is 11.1 Å². The van der Waals surface area contributed by atoms with Gasteiger partial charge >= 0.3 is 6.61 Å². The average molecular weight is 415 g/mol. The number of hydrogen-bond acceptors (Lipinski definition) is 5. The van der Waals surface area contributed by atoms with Gasteiger partial charge in [-0.25, -0.2) is 4.98 Å². The molecule has 0 radical (unpaired) electrons. The van der Waals surface area contributed by atoms with E-state index in [-0.39, 0.29) is 17.6 Å². The van der Waals surface area contributed by atoms with Crippen LogP contribution in [0.2, 0.25) is 0 Å². The minimum Gasteiger partial charge on any atom is -0.440 e. The maximum atomic E-state index is 12.4. The number of carbonyl (C=O) groups excluding carboxylic acids is 1. The number of fused-ring (bicyclic) bond motifs is 1. The first kappa shape index (κ1) is 20.3. The summed E-state index contributed by atoms with van der Waals surface area (Å²) in [7, 11) is 0. The molecule has 1 aliphatic heterocycles. The van der Waals surface area contributed by atoms with Gasteiger partial charge in [0.2, 0.25) is 5.91 Å². The Bertz CT molecular complexity index is 958. The Morgan fingerprint density at radius 3 is 2.80 bits per heavy atom. The lowest BCUT2D eigenvalue weighted by atomic mass is 9.98. The molecule has 2 heterocycles. The Kier molecular flexibility index (Phi) is 6.23. The summed E-state index contributed by atoms with van der Waals surface area (Å²) in [5.41, 5.74) is 2.45. The molecule has 8 heteroatoms. The van der Waals surface area contributed by atoms with E-state index in [9.17, 15) is 13.6 Å². The number of benzene rings is 2. The third-order valence-electron chi connectivity index (χ3n) is 5.17. The molecule has 1 aliphatic rings. The van der Waals surface area contributed by atoms with Crippen LogP contribution in [0.3, 0.4) is 0 Å². The summed E-state index contributed by atoms with van der Waals surface area (Å²) in [6.45, 7) is -0.651. The molecule has 1 amide bonds. The molecule has 1 N–H and O–H groups in total. The van der Waals surface area contributed by atoms with Gasteiger partial charge in [-0.3, -0.25) is 9.69 Å². The van der Waals surface area contributed by atoms with E-state index >= 15 is 0 Å². The van der Waals surface area contributed by atoms with Crippen molar-refractivity contribution in [2.75, 3.05) is 19.6 Å². The van der Waals surface area contributed by atoms with Crippen LogP contribution < -0.4 is 10.1 Å². The zero-order valence-corrected chi connectivity index (χ0v) is 16.4. The second-order valence-corrected chi connectivity index (χ2v) is 7.39. The second kappa shape index (κ2) is 9.21. The molecule has 0 aliphatic carbocycles. The number of oxazole rings is 1. The Hall–Kier alpha value is -3.00. The summed E-state index contributed by atoms with van der Waals surface area (Å²) in [6.07, 6.45) is 1.96. The number of nitrogens with one attached hydrogen (secondary N) is 1. The average Bonchev–Trinajstić information content (AvgIpc) is 3.17. The number of ether oxygens (including phenoxy) is 1. The van der Waals surface area contributed by atoms with Crippen LogP contribution in [-0.2, 0) is 11.3 Å². The fraction of sp³-hybridized carbons (Fsp3) is 0.364. The smallest absolute Gasteiger partial charge is 0.387 e. The van der Waals surface area contributed by atoms with Crippen LogP contribution in [0.4, 0.5) is 8.78 Å². The molecule has 0 bridgehead atoms. The minimum absolute atomic E-state index is 0.0823. The lowest BCUT2D eigenvalue weighted by molar-refractivity contribution is -0.122. The number of aromatic nitrogens is 1. The summed E-state index contributed by atoms with van der Waals surface area (Å²) in [4.78, 5) is 19.1. The summed E-state index contributed by atoms with van der Waals surface area (Å²) in [5.74, 6) is 0.911. The zero-order valence-electron chi connectivity index (χ0n) is 16.4. The van der Waals surface area contributed by atoms with Gasteiger partial charge in [0, 0.05) is 19.0 Å². The molecule has 1 unspecified atom stereocenters. The number of para-hydroxylation sites is 2. The predicted molar refractivity (Wildman–Crippen MR) is 107 cm³/mol. The number of nitrogens with zero attached hydrogens (tertiary/aromatic N) is 2. The van der Waals surface area contributed by atoms with Gasteiger partial charge in [0.15, 0.2) is 11.5 Å². The Labute approximate surface area is 172 Å². The molecular weight excluding hydrogens is 392 g/mol. The maximum Gasteiger partial charge on any atom is 0.387 e. The number of hydrogen-bond donors (Lipinski definition) is 1. The largest absolute Gasteiger partial charge is 0.440 e. The van der Waals surface area contributed by atoms with Crippen molar-refractivity contribution in [3.8, 4) is 5.75 Å².